The number of nitrogens with two attached hydrogens (primary N) is 1. The van der Waals surface area contributed by atoms with Crippen LogP contribution in [0, 0.1) is 0 Å². The number of benzene rings is 7. The molecule has 13 heteroatoms. The molecule has 0 aliphatic heterocycles. The van der Waals surface area contributed by atoms with Crippen LogP contribution >= 0.6 is 22.8 Å². The molecule has 10 nitrogen and oxygen atoms in total. The fourth-order valence-electron chi connectivity index (χ4n) is 8.56. The highest BCUT2D eigenvalue weighted by Gasteiger charge is 2.39. The Morgan fingerprint density at radius 1 is 0.309 bits per heavy atom. The summed E-state index contributed by atoms with van der Waals surface area (Å²) in [4.78, 5) is 0. The summed E-state index contributed by atoms with van der Waals surface area (Å²) < 4.78 is 74.3. The molecule has 354 valence electrons. The SMILES string of the molecule is CCOP(=O)(OCC)c1ccc(-c2ccc(C(c3ccc(N)cc3)(c3ccc(-c4ccc(P(=O)(OCC)OCC)cc4)cc3)c3ccc(-c4ccc(P(=O)(OCC)OCC)cc4)cc3)cc2)cc1. The van der Waals surface area contributed by atoms with E-state index in [2.05, 4.69) is 84.9 Å². The van der Waals surface area contributed by atoms with Crippen LogP contribution in [0.5, 0.6) is 0 Å². The average molecular weight is 972 g/mol. The van der Waals surface area contributed by atoms with Crippen LogP contribution in [0.2, 0.25) is 0 Å². The maximum absolute atomic E-state index is 13.5. The molecule has 0 heterocycles. The quantitative estimate of drug-likeness (QED) is 0.0398. The Kier molecular flexibility index (Phi) is 16.7. The van der Waals surface area contributed by atoms with Gasteiger partial charge in [-0.3, -0.25) is 13.7 Å². The summed E-state index contributed by atoms with van der Waals surface area (Å²) in [7, 11) is -10.3. The van der Waals surface area contributed by atoms with Crippen molar-refractivity contribution in [1.82, 2.24) is 0 Å². The van der Waals surface area contributed by atoms with Gasteiger partial charge < -0.3 is 32.9 Å². The fraction of sp³-hybridized carbons (Fsp3) is 0.236. The number of hydrogen-bond donors (Lipinski definition) is 1. The standard InChI is InChI=1S/C55H60NO9P3/c1-7-60-66(57,61-8-2)52-35-19-44(20-36-52)41-13-25-47(26-14-41)55(50-31-33-51(56)34-32-50,48-27-15-42(16-28-48)45-21-37-53(38-22-45)67(58,62-9-3)63-10-4)49-29-17-43(18-30-49)46-23-39-54(40-24-46)68(59,64-11-5)65-12-6/h13-40H,7-12,56H2,1-6H3. The Balaban J connectivity index is 1.34. The topological polar surface area (TPSA) is 133 Å². The zero-order valence-electron chi connectivity index (χ0n) is 39.5. The highest BCUT2D eigenvalue weighted by atomic mass is 31.2. The molecule has 0 spiro atoms. The third-order valence-electron chi connectivity index (χ3n) is 11.6. The van der Waals surface area contributed by atoms with E-state index in [1.54, 1.807) is 41.5 Å². The van der Waals surface area contributed by atoms with Gasteiger partial charge in [-0.1, -0.05) is 121 Å². The van der Waals surface area contributed by atoms with Gasteiger partial charge in [-0.2, -0.15) is 0 Å². The zero-order chi connectivity index (χ0) is 48.4. The molecule has 0 radical (unpaired) electrons. The minimum absolute atomic E-state index is 0.268. The monoisotopic (exact) mass is 971 g/mol. The molecular weight excluding hydrogens is 912 g/mol. The molecule has 7 aromatic carbocycles. The van der Waals surface area contributed by atoms with Crippen LogP contribution in [-0.2, 0) is 46.3 Å². The summed E-state index contributed by atoms with van der Waals surface area (Å²) in [6, 6.07) is 56.2. The van der Waals surface area contributed by atoms with Gasteiger partial charge in [0.2, 0.25) is 0 Å². The summed E-state index contributed by atoms with van der Waals surface area (Å²) in [6.45, 7) is 12.4. The van der Waals surface area contributed by atoms with E-state index in [0.29, 0.717) is 21.6 Å². The van der Waals surface area contributed by atoms with Crippen molar-refractivity contribution in [2.45, 2.75) is 47.0 Å². The highest BCUT2D eigenvalue weighted by Crippen LogP contribution is 2.50. The second-order valence-corrected chi connectivity index (χ2v) is 21.8. The number of anilines is 1. The third kappa shape index (κ3) is 10.7. The summed E-state index contributed by atoms with van der Waals surface area (Å²) in [5.41, 5.74) is 16.0. The Hall–Kier alpha value is -5.21. The van der Waals surface area contributed by atoms with Gasteiger partial charge >= 0.3 is 22.8 Å². The van der Waals surface area contributed by atoms with Crippen LogP contribution in [0.4, 0.5) is 5.69 Å². The smallest absolute Gasteiger partial charge is 0.361 e. The van der Waals surface area contributed by atoms with Crippen molar-refractivity contribution in [3.8, 4) is 33.4 Å². The summed E-state index contributed by atoms with van der Waals surface area (Å²) in [6.07, 6.45) is 0. The summed E-state index contributed by atoms with van der Waals surface area (Å²) in [5, 5.41) is 1.53. The van der Waals surface area contributed by atoms with Crippen molar-refractivity contribution >= 4 is 44.4 Å². The first kappa shape index (κ1) is 50.7. The predicted octanol–water partition coefficient (Wildman–Crippen LogP) is 13.3. The van der Waals surface area contributed by atoms with Crippen LogP contribution in [0.1, 0.15) is 63.8 Å². The average Bonchev–Trinajstić information content (AvgIpc) is 3.36. The van der Waals surface area contributed by atoms with E-state index >= 15 is 0 Å². The van der Waals surface area contributed by atoms with Crippen LogP contribution in [0.25, 0.3) is 33.4 Å². The third-order valence-corrected chi connectivity index (χ3v) is 18.0. The van der Waals surface area contributed by atoms with Gasteiger partial charge in [-0.05, 0) is 146 Å². The van der Waals surface area contributed by atoms with Crippen molar-refractivity contribution in [3.05, 3.63) is 192 Å². The van der Waals surface area contributed by atoms with E-state index in [9.17, 15) is 13.7 Å². The zero-order valence-corrected chi connectivity index (χ0v) is 42.2. The Morgan fingerprint density at radius 3 is 0.676 bits per heavy atom. The lowest BCUT2D eigenvalue weighted by molar-refractivity contribution is 0.229. The molecule has 0 amide bonds. The van der Waals surface area contributed by atoms with E-state index in [-0.39, 0.29) is 39.6 Å². The van der Waals surface area contributed by atoms with Gasteiger partial charge in [0.1, 0.15) is 0 Å². The van der Waals surface area contributed by atoms with Gasteiger partial charge in [0, 0.05) is 5.69 Å². The molecule has 0 aliphatic carbocycles. The lowest BCUT2D eigenvalue weighted by Gasteiger charge is -2.37. The fourth-order valence-corrected chi connectivity index (χ4v) is 13.3. The number of nitrogen functional groups attached to an aromatic ring is 1. The van der Waals surface area contributed by atoms with Crippen molar-refractivity contribution in [3.63, 3.8) is 0 Å². The van der Waals surface area contributed by atoms with Crippen molar-refractivity contribution in [1.29, 1.82) is 0 Å². The molecular formula is C55H60NO9P3. The minimum Gasteiger partial charge on any atom is -0.399 e. The molecule has 0 saturated carbocycles. The Morgan fingerprint density at radius 2 is 0.485 bits per heavy atom. The second kappa shape index (κ2) is 22.5. The van der Waals surface area contributed by atoms with Crippen LogP contribution < -0.4 is 21.6 Å². The molecule has 2 N–H and O–H groups in total. The first-order valence-corrected chi connectivity index (χ1v) is 27.7. The highest BCUT2D eigenvalue weighted by molar-refractivity contribution is 7.62. The molecule has 0 bridgehead atoms. The molecule has 0 aromatic heterocycles. The molecule has 0 aliphatic rings. The van der Waals surface area contributed by atoms with Crippen molar-refractivity contribution in [2.75, 3.05) is 45.4 Å². The molecule has 7 aromatic rings. The van der Waals surface area contributed by atoms with E-state index in [1.807, 2.05) is 84.9 Å². The van der Waals surface area contributed by atoms with E-state index in [1.165, 1.54) is 0 Å². The van der Waals surface area contributed by atoms with Gasteiger partial charge in [-0.15, -0.1) is 0 Å². The maximum Gasteiger partial charge on any atom is 0.361 e. The Bertz CT molecular complexity index is 2560. The first-order valence-electron chi connectivity index (χ1n) is 23.1. The first-order chi connectivity index (χ1) is 32.9. The largest absolute Gasteiger partial charge is 0.399 e. The minimum atomic E-state index is -3.45. The van der Waals surface area contributed by atoms with Gasteiger partial charge in [-0.25, -0.2) is 0 Å². The van der Waals surface area contributed by atoms with Crippen LogP contribution in [-0.4, -0.2) is 39.6 Å². The van der Waals surface area contributed by atoms with Gasteiger partial charge in [0.05, 0.1) is 61.0 Å². The van der Waals surface area contributed by atoms with E-state index in [0.717, 1.165) is 55.6 Å². The normalized spacial score (nSPS) is 12.3. The lowest BCUT2D eigenvalue weighted by Crippen LogP contribution is -2.31. The predicted molar refractivity (Wildman–Crippen MR) is 277 cm³/mol. The summed E-state index contributed by atoms with van der Waals surface area (Å²) in [5.74, 6) is 0. The van der Waals surface area contributed by atoms with E-state index in [4.69, 9.17) is 32.9 Å². The molecule has 0 unspecified atom stereocenters. The number of rotatable bonds is 22. The maximum atomic E-state index is 13.5. The van der Waals surface area contributed by atoms with Crippen LogP contribution in [0.3, 0.4) is 0 Å². The molecule has 7 rings (SSSR count). The van der Waals surface area contributed by atoms with Gasteiger partial charge in [0.25, 0.3) is 0 Å². The molecule has 0 saturated heterocycles. The number of hydrogen-bond acceptors (Lipinski definition) is 10. The van der Waals surface area contributed by atoms with E-state index < -0.39 is 28.2 Å². The summed E-state index contributed by atoms with van der Waals surface area (Å²) >= 11 is 0. The van der Waals surface area contributed by atoms with Crippen molar-refractivity contribution in [2.24, 2.45) is 0 Å². The van der Waals surface area contributed by atoms with Gasteiger partial charge in [0.15, 0.2) is 0 Å². The second-order valence-electron chi connectivity index (χ2n) is 15.7. The molecule has 68 heavy (non-hydrogen) atoms. The van der Waals surface area contributed by atoms with Crippen LogP contribution in [0.15, 0.2) is 170 Å². The van der Waals surface area contributed by atoms with Crippen molar-refractivity contribution < 1.29 is 40.8 Å². The molecule has 0 atom stereocenters. The molecule has 0 fully saturated rings. The lowest BCUT2D eigenvalue weighted by atomic mass is 9.64. The Labute approximate surface area is 401 Å².